The summed E-state index contributed by atoms with van der Waals surface area (Å²) in [4.78, 5) is 2.68. The van der Waals surface area contributed by atoms with Crippen LogP contribution in [-0.4, -0.2) is 48.8 Å². The molecular formula is C15H30N2O. The van der Waals surface area contributed by atoms with E-state index >= 15 is 0 Å². The van der Waals surface area contributed by atoms with Crippen molar-refractivity contribution in [1.29, 1.82) is 0 Å². The maximum absolute atomic E-state index is 5.56. The van der Waals surface area contributed by atoms with Gasteiger partial charge >= 0.3 is 0 Å². The minimum atomic E-state index is 0.310. The topological polar surface area (TPSA) is 24.5 Å². The van der Waals surface area contributed by atoms with Crippen LogP contribution in [-0.2, 0) is 4.74 Å². The zero-order valence-electron chi connectivity index (χ0n) is 12.4. The maximum Gasteiger partial charge on any atom is 0.0593 e. The molecule has 0 radical (unpaired) electrons. The third kappa shape index (κ3) is 2.89. The molecule has 2 fully saturated rings. The van der Waals surface area contributed by atoms with E-state index in [-0.39, 0.29) is 0 Å². The molecule has 1 aliphatic heterocycles. The molecule has 0 aromatic rings. The molecule has 1 unspecified atom stereocenters. The Hall–Kier alpha value is -0.120. The summed E-state index contributed by atoms with van der Waals surface area (Å²) in [7, 11) is 0. The molecule has 2 rings (SSSR count). The van der Waals surface area contributed by atoms with Gasteiger partial charge in [-0.2, -0.15) is 0 Å². The van der Waals surface area contributed by atoms with E-state index in [1.807, 2.05) is 0 Å². The quantitative estimate of drug-likeness (QED) is 0.763. The highest BCUT2D eigenvalue weighted by Gasteiger charge is 2.44. The molecule has 0 aromatic carbocycles. The molecule has 1 spiro atoms. The van der Waals surface area contributed by atoms with E-state index in [0.29, 0.717) is 11.1 Å². The summed E-state index contributed by atoms with van der Waals surface area (Å²) in [6.45, 7) is 11.9. The lowest BCUT2D eigenvalue weighted by atomic mass is 9.85. The van der Waals surface area contributed by atoms with Crippen LogP contribution >= 0.6 is 0 Å². The largest absolute Gasteiger partial charge is 0.380 e. The summed E-state index contributed by atoms with van der Waals surface area (Å²) in [5.74, 6) is 0. The van der Waals surface area contributed by atoms with E-state index in [1.165, 1.54) is 38.6 Å². The van der Waals surface area contributed by atoms with Crippen LogP contribution in [0.4, 0.5) is 0 Å². The number of nitrogens with one attached hydrogen (secondary N) is 1. The number of rotatable bonds is 5. The molecule has 18 heavy (non-hydrogen) atoms. The summed E-state index contributed by atoms with van der Waals surface area (Å²) in [5, 5.41) is 3.87. The summed E-state index contributed by atoms with van der Waals surface area (Å²) in [6.07, 6.45) is 6.72. The van der Waals surface area contributed by atoms with Gasteiger partial charge in [0.25, 0.3) is 0 Å². The van der Waals surface area contributed by atoms with Crippen LogP contribution in [0.5, 0.6) is 0 Å². The highest BCUT2D eigenvalue weighted by Crippen LogP contribution is 2.36. The monoisotopic (exact) mass is 254 g/mol. The minimum Gasteiger partial charge on any atom is -0.380 e. The average Bonchev–Trinajstić information content (AvgIpc) is 2.83. The molecule has 3 heteroatoms. The molecule has 1 aliphatic carbocycles. The van der Waals surface area contributed by atoms with Crippen LogP contribution in [0.2, 0.25) is 0 Å². The Morgan fingerprint density at radius 2 is 1.94 bits per heavy atom. The maximum atomic E-state index is 5.56. The minimum absolute atomic E-state index is 0.310. The van der Waals surface area contributed by atoms with Crippen LogP contribution in [0, 0.1) is 0 Å². The Kier molecular flexibility index (Phi) is 4.68. The van der Waals surface area contributed by atoms with Crippen molar-refractivity contribution in [2.75, 3.05) is 32.8 Å². The zero-order chi connectivity index (χ0) is 13.1. The predicted octanol–water partition coefficient (Wildman–Crippen LogP) is 2.41. The first kappa shape index (κ1) is 14.3. The second-order valence-electron chi connectivity index (χ2n) is 6.31. The van der Waals surface area contributed by atoms with Gasteiger partial charge < -0.3 is 10.1 Å². The molecule has 106 valence electrons. The Morgan fingerprint density at radius 3 is 2.56 bits per heavy atom. The van der Waals surface area contributed by atoms with Crippen molar-refractivity contribution >= 4 is 0 Å². The van der Waals surface area contributed by atoms with E-state index in [4.69, 9.17) is 4.74 Å². The summed E-state index contributed by atoms with van der Waals surface area (Å²) >= 11 is 0. The Labute approximate surface area is 112 Å². The Bertz CT molecular complexity index is 263. The predicted molar refractivity (Wildman–Crippen MR) is 76.0 cm³/mol. The fourth-order valence-corrected chi connectivity index (χ4v) is 3.51. The fraction of sp³-hybridized carbons (Fsp3) is 1.00. The van der Waals surface area contributed by atoms with Crippen molar-refractivity contribution in [1.82, 2.24) is 10.2 Å². The molecule has 2 aliphatic rings. The number of piperazine rings is 1. The first-order valence-corrected chi connectivity index (χ1v) is 7.72. The second kappa shape index (κ2) is 5.89. The highest BCUT2D eigenvalue weighted by atomic mass is 16.5. The molecular weight excluding hydrogens is 224 g/mol. The van der Waals surface area contributed by atoms with Crippen molar-refractivity contribution in [3.63, 3.8) is 0 Å². The Balaban J connectivity index is 1.99. The van der Waals surface area contributed by atoms with Crippen molar-refractivity contribution in [2.24, 2.45) is 0 Å². The van der Waals surface area contributed by atoms with Gasteiger partial charge in [0.15, 0.2) is 0 Å². The molecule has 1 N–H and O–H groups in total. The van der Waals surface area contributed by atoms with E-state index in [9.17, 15) is 0 Å². The molecule has 1 saturated heterocycles. The SMILES string of the molecule is CCOCCN1CC2(CCCC2)NCC1(C)CC. The van der Waals surface area contributed by atoms with E-state index < -0.39 is 0 Å². The third-order valence-corrected chi connectivity index (χ3v) is 5.13. The molecule has 1 heterocycles. The average molecular weight is 254 g/mol. The second-order valence-corrected chi connectivity index (χ2v) is 6.31. The van der Waals surface area contributed by atoms with Crippen molar-refractivity contribution in [3.05, 3.63) is 0 Å². The van der Waals surface area contributed by atoms with Gasteiger partial charge in [-0.1, -0.05) is 19.8 Å². The van der Waals surface area contributed by atoms with E-state index in [1.54, 1.807) is 0 Å². The van der Waals surface area contributed by atoms with Crippen molar-refractivity contribution in [2.45, 2.75) is 64.0 Å². The van der Waals surface area contributed by atoms with Gasteiger partial charge in [0, 0.05) is 37.3 Å². The molecule has 1 saturated carbocycles. The van der Waals surface area contributed by atoms with E-state index in [2.05, 4.69) is 31.0 Å². The first-order chi connectivity index (χ1) is 8.64. The number of hydrogen-bond acceptors (Lipinski definition) is 3. The summed E-state index contributed by atoms with van der Waals surface area (Å²) < 4.78 is 5.56. The van der Waals surface area contributed by atoms with Gasteiger partial charge in [-0.25, -0.2) is 0 Å². The lowest BCUT2D eigenvalue weighted by Crippen LogP contribution is -2.68. The molecule has 0 aromatic heterocycles. The summed E-state index contributed by atoms with van der Waals surface area (Å²) in [5.41, 5.74) is 0.728. The lowest BCUT2D eigenvalue weighted by Gasteiger charge is -2.52. The van der Waals surface area contributed by atoms with Crippen molar-refractivity contribution in [3.8, 4) is 0 Å². The van der Waals surface area contributed by atoms with Gasteiger partial charge in [0.1, 0.15) is 0 Å². The Morgan fingerprint density at radius 1 is 1.22 bits per heavy atom. The molecule has 0 amide bonds. The molecule has 0 bridgehead atoms. The van der Waals surface area contributed by atoms with Crippen LogP contribution in [0.3, 0.4) is 0 Å². The van der Waals surface area contributed by atoms with Crippen LogP contribution < -0.4 is 5.32 Å². The van der Waals surface area contributed by atoms with Crippen LogP contribution in [0.1, 0.15) is 52.9 Å². The number of ether oxygens (including phenoxy) is 1. The van der Waals surface area contributed by atoms with Crippen LogP contribution in [0.25, 0.3) is 0 Å². The number of nitrogens with zero attached hydrogens (tertiary/aromatic N) is 1. The number of hydrogen-bond donors (Lipinski definition) is 1. The van der Waals surface area contributed by atoms with Crippen LogP contribution in [0.15, 0.2) is 0 Å². The van der Waals surface area contributed by atoms with Gasteiger partial charge in [-0.3, -0.25) is 4.90 Å². The van der Waals surface area contributed by atoms with Gasteiger partial charge in [0.2, 0.25) is 0 Å². The highest BCUT2D eigenvalue weighted by molar-refractivity contribution is 5.05. The summed E-state index contributed by atoms with van der Waals surface area (Å²) in [6, 6.07) is 0. The fourth-order valence-electron chi connectivity index (χ4n) is 3.51. The standard InChI is InChI=1S/C15H30N2O/c1-4-14(3)12-16-15(8-6-7-9-15)13-17(14)10-11-18-5-2/h16H,4-13H2,1-3H3. The molecule has 1 atom stereocenters. The molecule has 3 nitrogen and oxygen atoms in total. The normalized spacial score (nSPS) is 32.2. The third-order valence-electron chi connectivity index (χ3n) is 5.13. The van der Waals surface area contributed by atoms with Gasteiger partial charge in [-0.15, -0.1) is 0 Å². The van der Waals surface area contributed by atoms with Crippen molar-refractivity contribution < 1.29 is 4.74 Å². The van der Waals surface area contributed by atoms with E-state index in [0.717, 1.165) is 26.3 Å². The smallest absolute Gasteiger partial charge is 0.0593 e. The first-order valence-electron chi connectivity index (χ1n) is 7.72. The van der Waals surface area contributed by atoms with Gasteiger partial charge in [-0.05, 0) is 33.1 Å². The van der Waals surface area contributed by atoms with Gasteiger partial charge in [0.05, 0.1) is 6.61 Å². The lowest BCUT2D eigenvalue weighted by molar-refractivity contribution is -0.00636. The zero-order valence-corrected chi connectivity index (χ0v) is 12.4.